The van der Waals surface area contributed by atoms with Crippen LogP contribution in [0.2, 0.25) is 0 Å². The Balaban J connectivity index is 4.53. The summed E-state index contributed by atoms with van der Waals surface area (Å²) in [5, 5.41) is 0. The normalized spacial score (nSPS) is 13.0. The topological polar surface area (TPSA) is 78.9 Å². The van der Waals surface area contributed by atoms with Gasteiger partial charge in [0.25, 0.3) is 0 Å². The van der Waals surface area contributed by atoms with Gasteiger partial charge in [-0.1, -0.05) is 163 Å². The van der Waals surface area contributed by atoms with Crippen molar-refractivity contribution in [2.24, 2.45) is 0 Å². The quantitative estimate of drug-likeness (QED) is 0.0206. The number of unbranched alkanes of at least 4 members (excludes halogenated alkanes) is 12. The van der Waals surface area contributed by atoms with Gasteiger partial charge >= 0.3 is 17.9 Å². The number of allylic oxidation sites excluding steroid dienone is 15. The molecule has 1 unspecified atom stereocenters. The molecule has 0 N–H and O–H groups in total. The van der Waals surface area contributed by atoms with Crippen molar-refractivity contribution in [3.05, 3.63) is 97.2 Å². The van der Waals surface area contributed by atoms with Crippen LogP contribution in [0.4, 0.5) is 0 Å². The van der Waals surface area contributed by atoms with E-state index in [1.165, 1.54) is 44.9 Å². The molecule has 0 saturated heterocycles. The first-order chi connectivity index (χ1) is 27.0. The summed E-state index contributed by atoms with van der Waals surface area (Å²) >= 11 is 0. The summed E-state index contributed by atoms with van der Waals surface area (Å²) in [7, 11) is 0. The molecule has 0 aliphatic heterocycles. The van der Waals surface area contributed by atoms with E-state index in [0.717, 1.165) is 83.5 Å². The van der Waals surface area contributed by atoms with E-state index >= 15 is 0 Å². The lowest BCUT2D eigenvalue weighted by molar-refractivity contribution is -0.166. The Kier molecular flexibility index (Phi) is 40.2. The maximum Gasteiger partial charge on any atom is 0.309 e. The van der Waals surface area contributed by atoms with Crippen LogP contribution >= 0.6 is 0 Å². The monoisotopic (exact) mass is 763 g/mol. The first-order valence-corrected chi connectivity index (χ1v) is 21.8. The summed E-state index contributed by atoms with van der Waals surface area (Å²) in [4.78, 5) is 37.5. The molecule has 0 amide bonds. The molecule has 0 spiro atoms. The van der Waals surface area contributed by atoms with Gasteiger partial charge in [0.05, 0.1) is 6.42 Å². The second-order valence-electron chi connectivity index (χ2n) is 13.9. The van der Waals surface area contributed by atoms with Crippen molar-refractivity contribution in [3.8, 4) is 0 Å². The zero-order valence-corrected chi connectivity index (χ0v) is 35.1. The number of hydrogen-bond donors (Lipinski definition) is 0. The van der Waals surface area contributed by atoms with Gasteiger partial charge in [-0.3, -0.25) is 14.4 Å². The Morgan fingerprint density at radius 3 is 1.42 bits per heavy atom. The van der Waals surface area contributed by atoms with Crippen LogP contribution in [0, 0.1) is 0 Å². The van der Waals surface area contributed by atoms with Gasteiger partial charge in [-0.2, -0.15) is 0 Å². The van der Waals surface area contributed by atoms with Gasteiger partial charge in [0.15, 0.2) is 6.10 Å². The smallest absolute Gasteiger partial charge is 0.309 e. The van der Waals surface area contributed by atoms with Gasteiger partial charge in [0, 0.05) is 12.8 Å². The molecule has 310 valence electrons. The Labute approximate surface area is 337 Å². The minimum Gasteiger partial charge on any atom is -0.462 e. The minimum absolute atomic E-state index is 0.119. The second kappa shape index (κ2) is 43.1. The Morgan fingerprint density at radius 2 is 0.836 bits per heavy atom. The van der Waals surface area contributed by atoms with Crippen LogP contribution in [0.15, 0.2) is 97.2 Å². The van der Waals surface area contributed by atoms with Crippen molar-refractivity contribution >= 4 is 17.9 Å². The van der Waals surface area contributed by atoms with Crippen molar-refractivity contribution in [1.29, 1.82) is 0 Å². The molecule has 0 saturated carbocycles. The Hall–Kier alpha value is -3.67. The third kappa shape index (κ3) is 41.3. The van der Waals surface area contributed by atoms with E-state index in [1.54, 1.807) is 6.08 Å². The van der Waals surface area contributed by atoms with Gasteiger partial charge in [-0.15, -0.1) is 0 Å². The van der Waals surface area contributed by atoms with Crippen LogP contribution < -0.4 is 0 Å². The van der Waals surface area contributed by atoms with Crippen LogP contribution in [-0.4, -0.2) is 37.2 Å². The molecule has 1 atom stereocenters. The maximum atomic E-state index is 12.7. The first kappa shape index (κ1) is 51.3. The molecule has 0 aromatic rings. The van der Waals surface area contributed by atoms with Crippen molar-refractivity contribution in [1.82, 2.24) is 0 Å². The fraction of sp³-hybridized carbons (Fsp3) is 0.612. The zero-order valence-electron chi connectivity index (χ0n) is 35.1. The summed E-state index contributed by atoms with van der Waals surface area (Å²) in [6.45, 7) is 6.20. The fourth-order valence-electron chi connectivity index (χ4n) is 5.39. The van der Waals surface area contributed by atoms with Gasteiger partial charge in [-0.25, -0.2) is 0 Å². The van der Waals surface area contributed by atoms with Crippen molar-refractivity contribution in [2.45, 2.75) is 181 Å². The average molecular weight is 763 g/mol. The van der Waals surface area contributed by atoms with E-state index in [9.17, 15) is 14.4 Å². The first-order valence-electron chi connectivity index (χ1n) is 21.8. The van der Waals surface area contributed by atoms with E-state index in [4.69, 9.17) is 14.2 Å². The molecule has 0 heterocycles. The van der Waals surface area contributed by atoms with Crippen LogP contribution in [-0.2, 0) is 28.6 Å². The van der Waals surface area contributed by atoms with Crippen LogP contribution in [0.1, 0.15) is 175 Å². The summed E-state index contributed by atoms with van der Waals surface area (Å²) in [6.07, 6.45) is 55.8. The summed E-state index contributed by atoms with van der Waals surface area (Å²) < 4.78 is 16.5. The molecule has 6 nitrogen and oxygen atoms in total. The molecule has 0 aliphatic rings. The molecule has 0 radical (unpaired) electrons. The second-order valence-corrected chi connectivity index (χ2v) is 13.9. The molecule has 0 bridgehead atoms. The molecule has 0 fully saturated rings. The van der Waals surface area contributed by atoms with Gasteiger partial charge < -0.3 is 14.2 Å². The average Bonchev–Trinajstić information content (AvgIpc) is 3.18. The third-order valence-electron chi connectivity index (χ3n) is 8.61. The van der Waals surface area contributed by atoms with Gasteiger partial charge in [0.1, 0.15) is 13.2 Å². The zero-order chi connectivity index (χ0) is 40.1. The summed E-state index contributed by atoms with van der Waals surface area (Å²) in [5.74, 6) is -1.14. The number of ether oxygens (including phenoxy) is 3. The molecular weight excluding hydrogens is 685 g/mol. The molecule has 0 aromatic heterocycles. The van der Waals surface area contributed by atoms with E-state index < -0.39 is 12.1 Å². The standard InChI is InChI=1S/C49H78O6/c1-4-7-10-13-16-19-21-23-24-25-26-28-30-33-36-39-42-48(51)54-45-46(44-53-47(50)41-38-35-32-29-18-15-12-9-6-3)55-49(52)43-40-37-34-31-27-22-20-17-14-11-8-5-2/h8-9,11-12,17-18,20,24-29,31,35,38,46H,4-7,10,13-16,19,21-23,30,32-34,36-37,39-45H2,1-3H3/b11-8-,12-9-,20-17-,25-24-,28-26-,29-18-,31-27-,38-35-. The summed E-state index contributed by atoms with van der Waals surface area (Å²) in [5.41, 5.74) is 0. The highest BCUT2D eigenvalue weighted by atomic mass is 16.6. The highest BCUT2D eigenvalue weighted by Gasteiger charge is 2.19. The predicted octanol–water partition coefficient (Wildman–Crippen LogP) is 13.9. The lowest BCUT2D eigenvalue weighted by Crippen LogP contribution is -2.30. The number of carbonyl (C=O) groups is 3. The SMILES string of the molecule is CC/C=C\C/C=C\C/C=C\CCCCC(=O)OC(COC(=O)C/C=C\C/C=C\C/C=C\CC)COC(=O)CCCCC/C=C\C=C/CCCCCCCCC. The van der Waals surface area contributed by atoms with Crippen LogP contribution in [0.3, 0.4) is 0 Å². The predicted molar refractivity (Wildman–Crippen MR) is 233 cm³/mol. The number of carbonyl (C=O) groups excluding carboxylic acids is 3. The molecule has 0 aliphatic carbocycles. The van der Waals surface area contributed by atoms with Crippen molar-refractivity contribution < 1.29 is 28.6 Å². The van der Waals surface area contributed by atoms with Crippen molar-refractivity contribution in [3.63, 3.8) is 0 Å². The Bertz CT molecular complexity index is 1150. The lowest BCUT2D eigenvalue weighted by atomic mass is 10.1. The number of esters is 3. The summed E-state index contributed by atoms with van der Waals surface area (Å²) in [6, 6.07) is 0. The van der Waals surface area contributed by atoms with Gasteiger partial charge in [-0.05, 0) is 89.9 Å². The molecular formula is C49H78O6. The largest absolute Gasteiger partial charge is 0.462 e. The molecule has 55 heavy (non-hydrogen) atoms. The molecule has 6 heteroatoms. The van der Waals surface area contributed by atoms with E-state index in [1.807, 2.05) is 6.08 Å². The maximum absolute atomic E-state index is 12.7. The molecule has 0 rings (SSSR count). The van der Waals surface area contributed by atoms with Gasteiger partial charge in [0.2, 0.25) is 0 Å². The van der Waals surface area contributed by atoms with Crippen LogP contribution in [0.5, 0.6) is 0 Å². The van der Waals surface area contributed by atoms with E-state index in [2.05, 4.69) is 106 Å². The van der Waals surface area contributed by atoms with Crippen molar-refractivity contribution in [2.75, 3.05) is 13.2 Å². The minimum atomic E-state index is -0.841. The number of rotatable bonds is 37. The fourth-order valence-corrected chi connectivity index (χ4v) is 5.39. The highest BCUT2D eigenvalue weighted by molar-refractivity contribution is 5.72. The number of hydrogen-bond acceptors (Lipinski definition) is 6. The lowest BCUT2D eigenvalue weighted by Gasteiger charge is -2.18. The van der Waals surface area contributed by atoms with E-state index in [0.29, 0.717) is 12.8 Å². The Morgan fingerprint density at radius 1 is 0.418 bits per heavy atom. The molecule has 0 aromatic carbocycles. The van der Waals surface area contributed by atoms with E-state index in [-0.39, 0.29) is 38.0 Å². The highest BCUT2D eigenvalue weighted by Crippen LogP contribution is 2.10. The van der Waals surface area contributed by atoms with Crippen LogP contribution in [0.25, 0.3) is 0 Å². The third-order valence-corrected chi connectivity index (χ3v) is 8.61.